The first-order valence-corrected chi connectivity index (χ1v) is 8.59. The van der Waals surface area contributed by atoms with Gasteiger partial charge in [0.05, 0.1) is 16.3 Å². The number of nitrogens with two attached hydrogens (primary N) is 1. The molecule has 0 bridgehead atoms. The largest absolute Gasteiger partial charge is 0.397 e. The van der Waals surface area contributed by atoms with E-state index in [9.17, 15) is 8.42 Å². The van der Waals surface area contributed by atoms with Crippen LogP contribution in [0.1, 0.15) is 5.56 Å². The van der Waals surface area contributed by atoms with E-state index in [2.05, 4.69) is 21.2 Å². The molecule has 0 radical (unpaired) electrons. The normalized spacial score (nSPS) is 11.3. The van der Waals surface area contributed by atoms with Crippen LogP contribution in [0.3, 0.4) is 0 Å². The molecule has 3 N–H and O–H groups in total. The molecule has 2 aromatic carbocycles. The third-order valence-electron chi connectivity index (χ3n) is 2.99. The van der Waals surface area contributed by atoms with Crippen molar-refractivity contribution >= 4 is 42.8 Å². The maximum atomic E-state index is 11.5. The SMILES string of the molecule is Cc1c(Br)cccc1Nc1ccc(S(C)(=O)=O)cc1N. The van der Waals surface area contributed by atoms with Crippen LogP contribution < -0.4 is 11.1 Å². The number of sulfone groups is 1. The molecule has 106 valence electrons. The van der Waals surface area contributed by atoms with Crippen molar-refractivity contribution in [3.63, 3.8) is 0 Å². The highest BCUT2D eigenvalue weighted by Gasteiger charge is 2.10. The minimum absolute atomic E-state index is 0.214. The number of rotatable bonds is 3. The fourth-order valence-electron chi connectivity index (χ4n) is 1.77. The summed E-state index contributed by atoms with van der Waals surface area (Å²) in [5.74, 6) is 0. The first-order chi connectivity index (χ1) is 9.29. The lowest BCUT2D eigenvalue weighted by atomic mass is 10.2. The molecule has 2 rings (SSSR count). The summed E-state index contributed by atoms with van der Waals surface area (Å²) in [7, 11) is -3.25. The zero-order valence-electron chi connectivity index (χ0n) is 11.1. The van der Waals surface area contributed by atoms with E-state index in [-0.39, 0.29) is 4.90 Å². The summed E-state index contributed by atoms with van der Waals surface area (Å²) in [6.07, 6.45) is 1.16. The van der Waals surface area contributed by atoms with Gasteiger partial charge in [0.25, 0.3) is 0 Å². The number of hydrogen-bond donors (Lipinski definition) is 2. The second-order valence-corrected chi connectivity index (χ2v) is 7.43. The summed E-state index contributed by atoms with van der Waals surface area (Å²) in [6, 6.07) is 10.5. The van der Waals surface area contributed by atoms with Crippen molar-refractivity contribution in [3.8, 4) is 0 Å². The Hall–Kier alpha value is -1.53. The van der Waals surface area contributed by atoms with Crippen molar-refractivity contribution in [2.75, 3.05) is 17.3 Å². The molecular weight excluding hydrogens is 340 g/mol. The lowest BCUT2D eigenvalue weighted by Crippen LogP contribution is -2.02. The fourth-order valence-corrected chi connectivity index (χ4v) is 2.80. The van der Waals surface area contributed by atoms with Crippen LogP contribution in [0.2, 0.25) is 0 Å². The van der Waals surface area contributed by atoms with Gasteiger partial charge in [-0.1, -0.05) is 22.0 Å². The lowest BCUT2D eigenvalue weighted by molar-refractivity contribution is 0.602. The molecule has 0 atom stereocenters. The quantitative estimate of drug-likeness (QED) is 0.827. The second kappa shape index (κ2) is 5.46. The number of benzene rings is 2. The van der Waals surface area contributed by atoms with E-state index < -0.39 is 9.84 Å². The zero-order valence-corrected chi connectivity index (χ0v) is 13.5. The molecule has 0 saturated heterocycles. The van der Waals surface area contributed by atoms with Gasteiger partial charge in [-0.3, -0.25) is 0 Å². The minimum atomic E-state index is -3.25. The van der Waals surface area contributed by atoms with Crippen LogP contribution in [-0.4, -0.2) is 14.7 Å². The summed E-state index contributed by atoms with van der Waals surface area (Å²) in [5, 5.41) is 3.21. The van der Waals surface area contributed by atoms with Gasteiger partial charge >= 0.3 is 0 Å². The van der Waals surface area contributed by atoms with Crippen molar-refractivity contribution in [1.29, 1.82) is 0 Å². The molecule has 0 unspecified atom stereocenters. The highest BCUT2D eigenvalue weighted by atomic mass is 79.9. The van der Waals surface area contributed by atoms with E-state index in [0.717, 1.165) is 22.0 Å². The Kier molecular flexibility index (Phi) is 4.06. The molecule has 0 fully saturated rings. The number of nitrogens with one attached hydrogen (secondary N) is 1. The number of halogens is 1. The molecule has 2 aromatic rings. The summed E-state index contributed by atoms with van der Waals surface area (Å²) in [5.41, 5.74) is 8.96. The zero-order chi connectivity index (χ0) is 14.9. The van der Waals surface area contributed by atoms with E-state index in [4.69, 9.17) is 5.73 Å². The van der Waals surface area contributed by atoms with Gasteiger partial charge in [-0.05, 0) is 42.8 Å². The Morgan fingerprint density at radius 2 is 1.85 bits per heavy atom. The first kappa shape index (κ1) is 14.9. The maximum Gasteiger partial charge on any atom is 0.175 e. The molecule has 0 aromatic heterocycles. The topological polar surface area (TPSA) is 72.2 Å². The highest BCUT2D eigenvalue weighted by molar-refractivity contribution is 9.10. The number of nitrogen functional groups attached to an aromatic ring is 1. The summed E-state index contributed by atoms with van der Waals surface area (Å²) >= 11 is 3.47. The van der Waals surface area contributed by atoms with Gasteiger partial charge in [0.1, 0.15) is 0 Å². The molecular formula is C14H15BrN2O2S. The Morgan fingerprint density at radius 3 is 2.45 bits per heavy atom. The number of hydrogen-bond acceptors (Lipinski definition) is 4. The molecule has 4 nitrogen and oxygen atoms in total. The van der Waals surface area contributed by atoms with E-state index in [0.29, 0.717) is 11.4 Å². The van der Waals surface area contributed by atoms with Gasteiger partial charge in [-0.2, -0.15) is 0 Å². The Morgan fingerprint density at radius 1 is 1.15 bits per heavy atom. The Bertz CT molecular complexity index is 758. The van der Waals surface area contributed by atoms with Gasteiger partial charge in [0.2, 0.25) is 0 Å². The van der Waals surface area contributed by atoms with Gasteiger partial charge in [0, 0.05) is 16.4 Å². The van der Waals surface area contributed by atoms with Crippen LogP contribution in [-0.2, 0) is 9.84 Å². The average Bonchev–Trinajstić information content (AvgIpc) is 2.36. The van der Waals surface area contributed by atoms with Crippen LogP contribution >= 0.6 is 15.9 Å². The molecule has 0 amide bonds. The van der Waals surface area contributed by atoms with Gasteiger partial charge in [-0.25, -0.2) is 8.42 Å². The van der Waals surface area contributed by atoms with Crippen LogP contribution in [0.5, 0.6) is 0 Å². The van der Waals surface area contributed by atoms with Crippen molar-refractivity contribution in [1.82, 2.24) is 0 Å². The Labute approximate surface area is 127 Å². The second-order valence-electron chi connectivity index (χ2n) is 4.56. The summed E-state index contributed by atoms with van der Waals surface area (Å²) in [6.45, 7) is 1.98. The fraction of sp³-hybridized carbons (Fsp3) is 0.143. The summed E-state index contributed by atoms with van der Waals surface area (Å²) in [4.78, 5) is 0.214. The minimum Gasteiger partial charge on any atom is -0.397 e. The van der Waals surface area contributed by atoms with E-state index >= 15 is 0 Å². The maximum absolute atomic E-state index is 11.5. The molecule has 0 aliphatic heterocycles. The average molecular weight is 355 g/mol. The third-order valence-corrected chi connectivity index (χ3v) is 4.96. The van der Waals surface area contributed by atoms with E-state index in [1.807, 2.05) is 25.1 Å². The predicted octanol–water partition coefficient (Wildman–Crippen LogP) is 3.49. The summed E-state index contributed by atoms with van der Waals surface area (Å²) < 4.78 is 23.9. The van der Waals surface area contributed by atoms with Crippen molar-refractivity contribution in [2.45, 2.75) is 11.8 Å². The Balaban J connectivity index is 2.38. The molecule has 0 aliphatic carbocycles. The lowest BCUT2D eigenvalue weighted by Gasteiger charge is -2.13. The number of anilines is 3. The molecule has 0 spiro atoms. The van der Waals surface area contributed by atoms with Crippen molar-refractivity contribution in [2.24, 2.45) is 0 Å². The highest BCUT2D eigenvalue weighted by Crippen LogP contribution is 2.30. The molecule has 20 heavy (non-hydrogen) atoms. The van der Waals surface area contributed by atoms with Crippen LogP contribution in [0.15, 0.2) is 45.8 Å². The first-order valence-electron chi connectivity index (χ1n) is 5.91. The molecule has 0 aliphatic rings. The van der Waals surface area contributed by atoms with Gasteiger partial charge in [0.15, 0.2) is 9.84 Å². The molecule has 6 heteroatoms. The van der Waals surface area contributed by atoms with Crippen LogP contribution in [0, 0.1) is 6.92 Å². The molecule has 0 saturated carbocycles. The standard InChI is InChI=1S/C14H15BrN2O2S/c1-9-11(15)4-3-5-13(9)17-14-7-6-10(8-12(14)16)20(2,18)19/h3-8,17H,16H2,1-2H3. The van der Waals surface area contributed by atoms with Gasteiger partial charge < -0.3 is 11.1 Å². The predicted molar refractivity (Wildman–Crippen MR) is 86.1 cm³/mol. The van der Waals surface area contributed by atoms with E-state index in [1.54, 1.807) is 12.1 Å². The monoisotopic (exact) mass is 354 g/mol. The van der Waals surface area contributed by atoms with Crippen LogP contribution in [0.4, 0.5) is 17.1 Å². The van der Waals surface area contributed by atoms with Gasteiger partial charge in [-0.15, -0.1) is 0 Å². The smallest absolute Gasteiger partial charge is 0.175 e. The third kappa shape index (κ3) is 3.13. The van der Waals surface area contributed by atoms with Crippen molar-refractivity contribution < 1.29 is 8.42 Å². The van der Waals surface area contributed by atoms with E-state index in [1.165, 1.54) is 6.07 Å². The molecule has 0 heterocycles. The van der Waals surface area contributed by atoms with Crippen molar-refractivity contribution in [3.05, 3.63) is 46.4 Å². The van der Waals surface area contributed by atoms with Crippen LogP contribution in [0.25, 0.3) is 0 Å².